The minimum Gasteiger partial charge on any atom is -0.315 e. The highest BCUT2D eigenvalue weighted by molar-refractivity contribution is 6.43. The van der Waals surface area contributed by atoms with Crippen LogP contribution in [0.15, 0.2) is 65.0 Å². The van der Waals surface area contributed by atoms with Gasteiger partial charge in [0.05, 0.1) is 15.7 Å². The number of hydrogen-bond acceptors (Lipinski definition) is 3. The van der Waals surface area contributed by atoms with Gasteiger partial charge in [-0.3, -0.25) is 9.59 Å². The molecule has 6 heteroatoms. The number of rotatable bonds is 2. The van der Waals surface area contributed by atoms with E-state index in [1.54, 1.807) is 12.1 Å². The van der Waals surface area contributed by atoms with Crippen molar-refractivity contribution < 1.29 is 14.0 Å². The number of nitrogens with zero attached hydrogens (tertiary/aromatic N) is 1. The molecule has 0 radical (unpaired) electrons. The molecule has 0 atom stereocenters. The number of carbonyl (C=O) groups excluding carboxylic acids is 2. The Hall–Kier alpha value is -2.43. The van der Waals surface area contributed by atoms with Gasteiger partial charge in [-0.2, -0.15) is 0 Å². The van der Waals surface area contributed by atoms with Crippen LogP contribution in [0.1, 0.15) is 64.9 Å². The molecule has 2 aromatic rings. The summed E-state index contributed by atoms with van der Waals surface area (Å²) in [7, 11) is 0. The van der Waals surface area contributed by atoms with Crippen molar-refractivity contribution in [3.8, 4) is 0 Å². The van der Waals surface area contributed by atoms with Gasteiger partial charge in [0.1, 0.15) is 5.82 Å². The van der Waals surface area contributed by atoms with Crippen molar-refractivity contribution >= 4 is 40.5 Å². The summed E-state index contributed by atoms with van der Waals surface area (Å²) >= 11 is 13.2. The lowest BCUT2D eigenvalue weighted by molar-refractivity contribution is -0.119. The maximum atomic E-state index is 14.4. The standard InChI is InChI=1S/C29H28Cl2FNO2/c1-28(2)12-20-25(22(34)14-28)24(16-7-5-8-17(32)11-16)26-21(13-29(3,4)15-23(26)35)33(20)19-10-6-9-18(30)27(19)31/h5-11,24H,12-15H2,1-4H3. The number of Topliss-reactive ketones (excluding diaryl/α,β-unsaturated/α-hetero) is 2. The quantitative estimate of drug-likeness (QED) is 0.409. The van der Waals surface area contributed by atoms with Crippen LogP contribution in [-0.2, 0) is 9.59 Å². The summed E-state index contributed by atoms with van der Waals surface area (Å²) in [6.45, 7) is 8.29. The van der Waals surface area contributed by atoms with Gasteiger partial charge in [-0.15, -0.1) is 0 Å². The zero-order valence-electron chi connectivity index (χ0n) is 20.3. The van der Waals surface area contributed by atoms with Crippen molar-refractivity contribution in [1.29, 1.82) is 0 Å². The molecule has 2 aliphatic carbocycles. The van der Waals surface area contributed by atoms with Crippen molar-refractivity contribution in [3.63, 3.8) is 0 Å². The van der Waals surface area contributed by atoms with Gasteiger partial charge in [0.15, 0.2) is 11.6 Å². The predicted molar refractivity (Wildman–Crippen MR) is 138 cm³/mol. The molecule has 0 spiro atoms. The van der Waals surface area contributed by atoms with Crippen molar-refractivity contribution in [1.82, 2.24) is 0 Å². The zero-order chi connectivity index (χ0) is 25.3. The number of halogens is 3. The smallest absolute Gasteiger partial charge is 0.162 e. The first kappa shape index (κ1) is 24.3. The highest BCUT2D eigenvalue weighted by Gasteiger charge is 2.49. The maximum absolute atomic E-state index is 14.4. The Balaban J connectivity index is 1.87. The molecule has 0 N–H and O–H groups in total. The monoisotopic (exact) mass is 511 g/mol. The highest BCUT2D eigenvalue weighted by atomic mass is 35.5. The van der Waals surface area contributed by atoms with E-state index in [0.717, 1.165) is 11.4 Å². The van der Waals surface area contributed by atoms with Crippen LogP contribution in [0.2, 0.25) is 10.0 Å². The van der Waals surface area contributed by atoms with Gasteiger partial charge >= 0.3 is 0 Å². The van der Waals surface area contributed by atoms with Gasteiger partial charge in [0, 0.05) is 41.3 Å². The fraction of sp³-hybridized carbons (Fsp3) is 0.379. The van der Waals surface area contributed by atoms with E-state index < -0.39 is 5.92 Å². The molecule has 2 aromatic carbocycles. The molecule has 1 aliphatic heterocycles. The van der Waals surface area contributed by atoms with Crippen molar-refractivity contribution in [2.45, 2.75) is 59.3 Å². The van der Waals surface area contributed by atoms with Crippen molar-refractivity contribution in [2.24, 2.45) is 10.8 Å². The molecule has 182 valence electrons. The summed E-state index contributed by atoms with van der Waals surface area (Å²) in [4.78, 5) is 29.6. The van der Waals surface area contributed by atoms with E-state index in [0.29, 0.717) is 58.1 Å². The molecule has 0 amide bonds. The Kier molecular flexibility index (Phi) is 5.77. The molecule has 0 saturated heterocycles. The summed E-state index contributed by atoms with van der Waals surface area (Å²) in [5.41, 5.74) is 3.52. The van der Waals surface area contributed by atoms with Crippen LogP contribution < -0.4 is 4.90 Å². The molecule has 3 aliphatic rings. The molecule has 0 fully saturated rings. The van der Waals surface area contributed by atoms with Crippen LogP contribution >= 0.6 is 23.2 Å². The predicted octanol–water partition coefficient (Wildman–Crippen LogP) is 8.02. The lowest BCUT2D eigenvalue weighted by Crippen LogP contribution is -2.44. The fourth-order valence-corrected chi connectivity index (χ4v) is 6.32. The number of allylic oxidation sites excluding steroid dienone is 4. The van der Waals surface area contributed by atoms with Crippen molar-refractivity contribution in [3.05, 3.63) is 86.4 Å². The normalized spacial score (nSPS) is 21.9. The lowest BCUT2D eigenvalue weighted by atomic mass is 9.63. The molecule has 3 nitrogen and oxygen atoms in total. The minimum atomic E-state index is -0.600. The number of carbonyl (C=O) groups is 2. The third-order valence-electron chi connectivity index (χ3n) is 7.26. The van der Waals surface area contributed by atoms with E-state index in [2.05, 4.69) is 27.7 Å². The van der Waals surface area contributed by atoms with Crippen LogP contribution in [0, 0.1) is 16.6 Å². The van der Waals surface area contributed by atoms with Crippen molar-refractivity contribution in [2.75, 3.05) is 4.90 Å². The second-order valence-corrected chi connectivity index (χ2v) is 12.3. The van der Waals surface area contributed by atoms with E-state index in [4.69, 9.17) is 23.2 Å². The summed E-state index contributed by atoms with van der Waals surface area (Å²) in [6, 6.07) is 11.7. The summed E-state index contributed by atoms with van der Waals surface area (Å²) in [5, 5.41) is 0.784. The van der Waals surface area contributed by atoms with Gasteiger partial charge < -0.3 is 4.90 Å². The average Bonchev–Trinajstić information content (AvgIpc) is 2.73. The Labute approximate surface area is 215 Å². The molecule has 1 heterocycles. The topological polar surface area (TPSA) is 37.4 Å². The van der Waals surface area contributed by atoms with Crippen LogP contribution in [0.4, 0.5) is 10.1 Å². The third-order valence-corrected chi connectivity index (χ3v) is 8.07. The van der Waals surface area contributed by atoms with Crippen LogP contribution in [0.5, 0.6) is 0 Å². The first-order chi connectivity index (χ1) is 16.4. The Morgan fingerprint density at radius 2 is 1.37 bits per heavy atom. The summed E-state index contributed by atoms with van der Waals surface area (Å²) < 4.78 is 14.4. The van der Waals surface area contributed by atoms with E-state index >= 15 is 0 Å². The number of hydrogen-bond donors (Lipinski definition) is 0. The first-order valence-corrected chi connectivity index (χ1v) is 12.7. The molecule has 5 rings (SSSR count). The summed E-state index contributed by atoms with van der Waals surface area (Å²) in [6.07, 6.45) is 1.95. The second kappa shape index (κ2) is 8.31. The molecule has 35 heavy (non-hydrogen) atoms. The van der Waals surface area contributed by atoms with Gasteiger partial charge in [-0.25, -0.2) is 4.39 Å². The third kappa shape index (κ3) is 4.15. The molecule has 0 unspecified atom stereocenters. The SMILES string of the molecule is CC1(C)CC(=O)C2=C(C1)N(c1cccc(Cl)c1Cl)C1=C(C(=O)CC(C)(C)C1)C2c1cccc(F)c1. The highest BCUT2D eigenvalue weighted by Crippen LogP contribution is 2.56. The average molecular weight is 512 g/mol. The van der Waals surface area contributed by atoms with E-state index in [1.165, 1.54) is 12.1 Å². The van der Waals surface area contributed by atoms with E-state index in [9.17, 15) is 14.0 Å². The van der Waals surface area contributed by atoms with Gasteiger partial charge in [0.25, 0.3) is 0 Å². The summed E-state index contributed by atoms with van der Waals surface area (Å²) in [5.74, 6) is -1.02. The van der Waals surface area contributed by atoms with Crippen LogP contribution in [0.25, 0.3) is 0 Å². The molecular formula is C29H28Cl2FNO2. The lowest BCUT2D eigenvalue weighted by Gasteiger charge is -2.49. The second-order valence-electron chi connectivity index (χ2n) is 11.5. The van der Waals surface area contributed by atoms with Gasteiger partial charge in [0.2, 0.25) is 0 Å². The largest absolute Gasteiger partial charge is 0.315 e. The van der Waals surface area contributed by atoms with E-state index in [-0.39, 0.29) is 28.2 Å². The molecule has 0 bridgehead atoms. The van der Waals surface area contributed by atoms with Crippen LogP contribution in [-0.4, -0.2) is 11.6 Å². The van der Waals surface area contributed by atoms with Gasteiger partial charge in [-0.05, 0) is 53.5 Å². The number of ketones is 2. The number of anilines is 1. The Bertz CT molecular complexity index is 1280. The molecule has 0 aromatic heterocycles. The minimum absolute atomic E-state index is 0.0159. The first-order valence-electron chi connectivity index (χ1n) is 11.9. The Morgan fingerprint density at radius 1 is 0.829 bits per heavy atom. The van der Waals surface area contributed by atoms with Gasteiger partial charge in [-0.1, -0.05) is 69.1 Å². The maximum Gasteiger partial charge on any atom is 0.162 e. The Morgan fingerprint density at radius 3 is 1.91 bits per heavy atom. The molecule has 0 saturated carbocycles. The van der Waals surface area contributed by atoms with Crippen LogP contribution in [0.3, 0.4) is 0 Å². The zero-order valence-corrected chi connectivity index (χ0v) is 21.9. The van der Waals surface area contributed by atoms with E-state index in [1.807, 2.05) is 23.1 Å². The molecular weight excluding hydrogens is 484 g/mol. The number of benzene rings is 2. The fourth-order valence-electron chi connectivity index (χ4n) is 5.94.